The van der Waals surface area contributed by atoms with Gasteiger partial charge in [-0.15, -0.1) is 0 Å². The molecule has 2 aromatic heterocycles. The molecule has 0 aliphatic carbocycles. The Labute approximate surface area is 178 Å². The van der Waals surface area contributed by atoms with Crippen LogP contribution in [0.5, 0.6) is 5.75 Å². The number of aryl methyl sites for hydroxylation is 1. The van der Waals surface area contributed by atoms with Crippen molar-refractivity contribution in [2.75, 3.05) is 11.8 Å². The van der Waals surface area contributed by atoms with Crippen molar-refractivity contribution >= 4 is 27.0 Å². The van der Waals surface area contributed by atoms with Gasteiger partial charge in [-0.05, 0) is 48.9 Å². The van der Waals surface area contributed by atoms with Crippen molar-refractivity contribution in [1.29, 1.82) is 0 Å². The number of rotatable bonds is 6. The van der Waals surface area contributed by atoms with Crippen LogP contribution >= 0.6 is 0 Å². The molecule has 9 nitrogen and oxygen atoms in total. The Morgan fingerprint density at radius 2 is 1.87 bits per heavy atom. The summed E-state index contributed by atoms with van der Waals surface area (Å²) < 4.78 is 35.4. The Bertz CT molecular complexity index is 1400. The Kier molecular flexibility index (Phi) is 5.07. The Balaban J connectivity index is 1.72. The van der Waals surface area contributed by atoms with Gasteiger partial charge in [0.25, 0.3) is 15.7 Å². The summed E-state index contributed by atoms with van der Waals surface area (Å²) in [5.74, 6) is 0.328. The summed E-state index contributed by atoms with van der Waals surface area (Å²) in [5.41, 5.74) is 3.23. The fraction of sp³-hybridized carbons (Fsp3) is 0.0952. The lowest BCUT2D eigenvalue weighted by Crippen LogP contribution is -2.13. The van der Waals surface area contributed by atoms with Crippen LogP contribution in [0.15, 0.2) is 71.9 Å². The van der Waals surface area contributed by atoms with E-state index in [0.29, 0.717) is 17.0 Å². The number of nitro benzene ring substituents is 1. The summed E-state index contributed by atoms with van der Waals surface area (Å²) in [5, 5.41) is 10.8. The molecule has 0 bridgehead atoms. The van der Waals surface area contributed by atoms with Gasteiger partial charge in [0.05, 0.1) is 28.3 Å². The molecule has 0 saturated heterocycles. The minimum Gasteiger partial charge on any atom is -0.495 e. The second-order valence-electron chi connectivity index (χ2n) is 6.82. The lowest BCUT2D eigenvalue weighted by atomic mass is 10.1. The maximum absolute atomic E-state index is 12.8. The third kappa shape index (κ3) is 3.92. The van der Waals surface area contributed by atoms with Crippen LogP contribution < -0.4 is 9.46 Å². The lowest BCUT2D eigenvalue weighted by molar-refractivity contribution is -0.384. The van der Waals surface area contributed by atoms with Gasteiger partial charge in [-0.3, -0.25) is 14.8 Å². The second kappa shape index (κ2) is 7.73. The summed E-state index contributed by atoms with van der Waals surface area (Å²) in [6, 6.07) is 13.6. The number of hydrogen-bond donors (Lipinski definition) is 1. The van der Waals surface area contributed by atoms with E-state index in [2.05, 4.69) is 9.71 Å². The van der Waals surface area contributed by atoms with E-state index >= 15 is 0 Å². The van der Waals surface area contributed by atoms with Gasteiger partial charge >= 0.3 is 0 Å². The van der Waals surface area contributed by atoms with Gasteiger partial charge in [0.2, 0.25) is 0 Å². The summed E-state index contributed by atoms with van der Waals surface area (Å²) in [6.45, 7) is 1.96. The number of nitrogens with one attached hydrogen (secondary N) is 1. The molecule has 2 aromatic carbocycles. The number of nitrogens with zero attached hydrogens (tertiary/aromatic N) is 3. The molecular weight excluding hydrogens is 420 g/mol. The number of aromatic nitrogens is 2. The molecule has 0 amide bonds. The molecule has 10 heteroatoms. The van der Waals surface area contributed by atoms with Crippen molar-refractivity contribution in [3.05, 3.63) is 82.7 Å². The van der Waals surface area contributed by atoms with Crippen molar-refractivity contribution in [2.45, 2.75) is 11.8 Å². The normalized spacial score (nSPS) is 11.4. The summed E-state index contributed by atoms with van der Waals surface area (Å²) in [7, 11) is -2.56. The molecule has 0 fully saturated rings. The first-order chi connectivity index (χ1) is 14.8. The van der Waals surface area contributed by atoms with Crippen molar-refractivity contribution in [1.82, 2.24) is 9.38 Å². The molecule has 31 heavy (non-hydrogen) atoms. The highest BCUT2D eigenvalue weighted by molar-refractivity contribution is 7.92. The van der Waals surface area contributed by atoms with Crippen molar-refractivity contribution in [3.8, 4) is 17.0 Å². The minimum absolute atomic E-state index is 0.103. The van der Waals surface area contributed by atoms with Gasteiger partial charge in [-0.2, -0.15) is 0 Å². The van der Waals surface area contributed by atoms with Gasteiger partial charge in [0, 0.05) is 30.1 Å². The van der Waals surface area contributed by atoms with Crippen molar-refractivity contribution in [3.63, 3.8) is 0 Å². The average Bonchev–Trinajstić information content (AvgIpc) is 3.19. The van der Waals surface area contributed by atoms with E-state index < -0.39 is 14.9 Å². The Morgan fingerprint density at radius 1 is 1.13 bits per heavy atom. The van der Waals surface area contributed by atoms with Gasteiger partial charge in [-0.1, -0.05) is 6.07 Å². The van der Waals surface area contributed by atoms with Crippen LogP contribution in [-0.2, 0) is 10.0 Å². The average molecular weight is 438 g/mol. The van der Waals surface area contributed by atoms with E-state index in [1.54, 1.807) is 18.2 Å². The number of pyridine rings is 1. The number of imidazole rings is 1. The van der Waals surface area contributed by atoms with E-state index in [0.717, 1.165) is 23.3 Å². The molecule has 0 saturated carbocycles. The van der Waals surface area contributed by atoms with Crippen molar-refractivity contribution in [2.24, 2.45) is 0 Å². The first-order valence-corrected chi connectivity index (χ1v) is 10.7. The van der Waals surface area contributed by atoms with Crippen LogP contribution in [-0.4, -0.2) is 29.8 Å². The predicted molar refractivity (Wildman–Crippen MR) is 116 cm³/mol. The lowest BCUT2D eigenvalue weighted by Gasteiger charge is -2.13. The Morgan fingerprint density at radius 3 is 2.52 bits per heavy atom. The van der Waals surface area contributed by atoms with Crippen LogP contribution in [0, 0.1) is 17.0 Å². The third-order valence-electron chi connectivity index (χ3n) is 4.78. The number of fused-ring (bicyclic) bond motifs is 1. The molecule has 4 rings (SSSR count). The number of benzene rings is 2. The molecule has 0 aliphatic rings. The monoisotopic (exact) mass is 438 g/mol. The summed E-state index contributed by atoms with van der Waals surface area (Å²) in [4.78, 5) is 14.8. The molecule has 0 spiro atoms. The molecule has 158 valence electrons. The van der Waals surface area contributed by atoms with E-state index in [4.69, 9.17) is 4.74 Å². The quantitative estimate of drug-likeness (QED) is 0.359. The van der Waals surface area contributed by atoms with Gasteiger partial charge in [0.1, 0.15) is 11.4 Å². The topological polar surface area (TPSA) is 116 Å². The first-order valence-electron chi connectivity index (χ1n) is 9.18. The number of non-ortho nitro benzene ring substituents is 1. The first kappa shape index (κ1) is 20.4. The number of ether oxygens (including phenoxy) is 1. The van der Waals surface area contributed by atoms with Gasteiger partial charge in [0.15, 0.2) is 0 Å². The molecule has 4 aromatic rings. The zero-order valence-electron chi connectivity index (χ0n) is 16.6. The largest absolute Gasteiger partial charge is 0.495 e. The number of hydrogen-bond acceptors (Lipinski definition) is 6. The van der Waals surface area contributed by atoms with E-state index in [-0.39, 0.29) is 16.3 Å². The molecule has 0 aliphatic heterocycles. The van der Waals surface area contributed by atoms with E-state index in [1.165, 1.54) is 19.2 Å². The van der Waals surface area contributed by atoms with Crippen LogP contribution in [0.2, 0.25) is 0 Å². The van der Waals surface area contributed by atoms with Gasteiger partial charge < -0.3 is 9.14 Å². The molecular formula is C21H18N4O5S. The van der Waals surface area contributed by atoms with Crippen LogP contribution in [0.25, 0.3) is 16.9 Å². The smallest absolute Gasteiger partial charge is 0.269 e. The third-order valence-corrected chi connectivity index (χ3v) is 6.16. The zero-order valence-corrected chi connectivity index (χ0v) is 17.5. The van der Waals surface area contributed by atoms with Crippen molar-refractivity contribution < 1.29 is 18.1 Å². The fourth-order valence-corrected chi connectivity index (χ4v) is 4.25. The zero-order chi connectivity index (χ0) is 22.2. The highest BCUT2D eigenvalue weighted by Crippen LogP contribution is 2.32. The molecule has 0 atom stereocenters. The SMILES string of the molecule is COc1ccc(-c2cn3cccc(C)c3n2)cc1NS(=O)(=O)c1ccc([N+](=O)[O-])cc1. The maximum atomic E-state index is 12.8. The van der Waals surface area contributed by atoms with Crippen LogP contribution in [0.3, 0.4) is 0 Å². The minimum atomic E-state index is -4.00. The maximum Gasteiger partial charge on any atom is 0.269 e. The molecule has 0 unspecified atom stereocenters. The van der Waals surface area contributed by atoms with Crippen LogP contribution in [0.1, 0.15) is 5.56 Å². The van der Waals surface area contributed by atoms with Crippen LogP contribution in [0.4, 0.5) is 11.4 Å². The summed E-state index contributed by atoms with van der Waals surface area (Å²) in [6.07, 6.45) is 3.75. The number of nitro groups is 1. The number of methoxy groups -OCH3 is 1. The molecule has 2 heterocycles. The fourth-order valence-electron chi connectivity index (χ4n) is 3.19. The van der Waals surface area contributed by atoms with E-state index in [9.17, 15) is 18.5 Å². The predicted octanol–water partition coefficient (Wildman–Crippen LogP) is 4.03. The number of anilines is 1. The standard InChI is InChI=1S/C21H18N4O5S/c1-14-4-3-11-24-13-19(22-21(14)24)15-5-10-20(30-2)18(12-15)23-31(28,29)17-8-6-16(7-9-17)25(26)27/h3-13,23H,1-2H3. The number of sulfonamides is 1. The highest BCUT2D eigenvalue weighted by Gasteiger charge is 2.19. The second-order valence-corrected chi connectivity index (χ2v) is 8.50. The molecule has 1 N–H and O–H groups in total. The van der Waals surface area contributed by atoms with E-state index in [1.807, 2.05) is 35.9 Å². The molecule has 0 radical (unpaired) electrons. The van der Waals surface area contributed by atoms with Gasteiger partial charge in [-0.25, -0.2) is 13.4 Å². The Hall–Kier alpha value is -3.92. The summed E-state index contributed by atoms with van der Waals surface area (Å²) >= 11 is 0. The highest BCUT2D eigenvalue weighted by atomic mass is 32.2.